The number of hydrogen-bond donors (Lipinski definition) is 0. The normalized spacial score (nSPS) is 10.8. The maximum absolute atomic E-state index is 11.2. The predicted molar refractivity (Wildman–Crippen MR) is 66.4 cm³/mol. The molecule has 1 rings (SSSR count). The van der Waals surface area contributed by atoms with E-state index in [4.69, 9.17) is 5.26 Å². The molecule has 0 aromatic heterocycles. The van der Waals surface area contributed by atoms with Crippen LogP contribution < -0.4 is 4.48 Å². The van der Waals surface area contributed by atoms with Gasteiger partial charge in [0.25, 0.3) is 0 Å². The van der Waals surface area contributed by atoms with Crippen molar-refractivity contribution in [2.24, 2.45) is 0 Å². The number of rotatable bonds is 3. The van der Waals surface area contributed by atoms with Gasteiger partial charge in [-0.15, -0.1) is 0 Å². The largest absolute Gasteiger partial charge is 0.469 e. The van der Waals surface area contributed by atoms with E-state index in [0.29, 0.717) is 10.0 Å². The Kier molecular flexibility index (Phi) is 3.87. The van der Waals surface area contributed by atoms with E-state index in [1.165, 1.54) is 7.11 Å². The molecule has 0 aliphatic rings. The van der Waals surface area contributed by atoms with Crippen molar-refractivity contribution in [3.05, 3.63) is 29.3 Å². The van der Waals surface area contributed by atoms with Crippen molar-refractivity contribution in [3.8, 4) is 6.07 Å². The van der Waals surface area contributed by atoms with Crippen LogP contribution in [0.3, 0.4) is 0 Å². The summed E-state index contributed by atoms with van der Waals surface area (Å²) in [5.74, 6) is -0.299. The summed E-state index contributed by atoms with van der Waals surface area (Å²) in [4.78, 5) is 11.2. The summed E-state index contributed by atoms with van der Waals surface area (Å²) in [6, 6.07) is 7.66. The summed E-state index contributed by atoms with van der Waals surface area (Å²) in [7, 11) is 7.34. The Balaban J connectivity index is 3.10. The fourth-order valence-electron chi connectivity index (χ4n) is 1.61. The van der Waals surface area contributed by atoms with E-state index in [-0.39, 0.29) is 12.4 Å². The molecule has 0 radical (unpaired) electrons. The molecular formula is C13H17N2O2+. The van der Waals surface area contributed by atoms with Gasteiger partial charge in [0, 0.05) is 6.07 Å². The summed E-state index contributed by atoms with van der Waals surface area (Å²) in [5, 5.41) is 9.12. The molecule has 90 valence electrons. The van der Waals surface area contributed by atoms with E-state index in [9.17, 15) is 4.79 Å². The van der Waals surface area contributed by atoms with E-state index >= 15 is 0 Å². The quantitative estimate of drug-likeness (QED) is 0.587. The van der Waals surface area contributed by atoms with E-state index in [1.54, 1.807) is 6.07 Å². The van der Waals surface area contributed by atoms with E-state index in [0.717, 1.165) is 11.3 Å². The van der Waals surface area contributed by atoms with Crippen LogP contribution in [0, 0.1) is 11.3 Å². The van der Waals surface area contributed by atoms with Gasteiger partial charge in [-0.1, -0.05) is 6.07 Å². The SMILES string of the molecule is COC(=O)Cc1ccc([N+](C)(C)C)c(C#N)c1. The van der Waals surface area contributed by atoms with Crippen molar-refractivity contribution in [1.82, 2.24) is 4.48 Å². The first kappa shape index (κ1) is 13.2. The molecule has 0 amide bonds. The lowest BCUT2D eigenvalue weighted by atomic mass is 10.1. The third-order valence-corrected chi connectivity index (χ3v) is 2.48. The number of hydrogen-bond acceptors (Lipinski definition) is 3. The molecule has 0 unspecified atom stereocenters. The van der Waals surface area contributed by atoms with Crippen molar-refractivity contribution in [2.75, 3.05) is 28.3 Å². The van der Waals surface area contributed by atoms with Crippen LogP contribution in [0.15, 0.2) is 18.2 Å². The smallest absolute Gasteiger partial charge is 0.309 e. The van der Waals surface area contributed by atoms with Gasteiger partial charge in [0.15, 0.2) is 0 Å². The van der Waals surface area contributed by atoms with Gasteiger partial charge in [-0.25, -0.2) is 0 Å². The van der Waals surface area contributed by atoms with Crippen LogP contribution in [0.4, 0.5) is 5.69 Å². The molecule has 0 spiro atoms. The fraction of sp³-hybridized carbons (Fsp3) is 0.385. The zero-order valence-electron chi connectivity index (χ0n) is 10.7. The van der Waals surface area contributed by atoms with Gasteiger partial charge in [0.05, 0.1) is 34.7 Å². The van der Waals surface area contributed by atoms with Crippen LogP contribution in [0.2, 0.25) is 0 Å². The monoisotopic (exact) mass is 233 g/mol. The highest BCUT2D eigenvalue weighted by atomic mass is 16.5. The van der Waals surface area contributed by atoms with E-state index < -0.39 is 0 Å². The lowest BCUT2D eigenvalue weighted by Gasteiger charge is -2.24. The Labute approximate surface area is 102 Å². The van der Waals surface area contributed by atoms with Gasteiger partial charge in [0.2, 0.25) is 0 Å². The molecule has 0 fully saturated rings. The van der Waals surface area contributed by atoms with E-state index in [1.807, 2.05) is 33.3 Å². The van der Waals surface area contributed by atoms with Crippen LogP contribution in [-0.4, -0.2) is 34.2 Å². The average Bonchev–Trinajstić information content (AvgIpc) is 2.27. The Bertz CT molecular complexity index is 467. The molecule has 4 heteroatoms. The van der Waals surface area contributed by atoms with Crippen LogP contribution in [0.1, 0.15) is 11.1 Å². The maximum atomic E-state index is 11.2. The van der Waals surface area contributed by atoms with Crippen LogP contribution in [0.5, 0.6) is 0 Å². The minimum atomic E-state index is -0.299. The molecule has 0 aliphatic heterocycles. The maximum Gasteiger partial charge on any atom is 0.309 e. The van der Waals surface area contributed by atoms with Gasteiger partial charge >= 0.3 is 5.97 Å². The molecule has 1 aromatic carbocycles. The molecule has 4 nitrogen and oxygen atoms in total. The number of carbonyl (C=O) groups is 1. The van der Waals surface area contributed by atoms with Gasteiger partial charge in [0.1, 0.15) is 17.3 Å². The zero-order chi connectivity index (χ0) is 13.1. The Morgan fingerprint density at radius 3 is 2.53 bits per heavy atom. The molecule has 0 saturated carbocycles. The topological polar surface area (TPSA) is 50.1 Å². The number of methoxy groups -OCH3 is 1. The third kappa shape index (κ3) is 3.30. The van der Waals surface area contributed by atoms with Crippen LogP contribution in [-0.2, 0) is 16.0 Å². The van der Waals surface area contributed by atoms with Crippen molar-refractivity contribution < 1.29 is 9.53 Å². The number of nitrogens with zero attached hydrogens (tertiary/aromatic N) is 2. The highest BCUT2D eigenvalue weighted by Crippen LogP contribution is 2.23. The standard InChI is InChI=1S/C13H17N2O2/c1-15(2,3)12-6-5-10(7-11(12)9-14)8-13(16)17-4/h5-7H,8H2,1-4H3/q+1. The molecule has 0 bridgehead atoms. The molecule has 0 atom stereocenters. The first-order chi connectivity index (χ1) is 7.88. The summed E-state index contributed by atoms with van der Waals surface area (Å²) in [5.41, 5.74) is 2.32. The second-order valence-corrected chi connectivity index (χ2v) is 4.73. The van der Waals surface area contributed by atoms with E-state index in [2.05, 4.69) is 10.8 Å². The zero-order valence-corrected chi connectivity index (χ0v) is 10.7. The second kappa shape index (κ2) is 4.98. The van der Waals surface area contributed by atoms with Crippen molar-refractivity contribution >= 4 is 11.7 Å². The van der Waals surface area contributed by atoms with Crippen LogP contribution >= 0.6 is 0 Å². The highest BCUT2D eigenvalue weighted by Gasteiger charge is 2.18. The summed E-state index contributed by atoms with van der Waals surface area (Å²) < 4.78 is 5.17. The van der Waals surface area contributed by atoms with Gasteiger partial charge in [-0.05, 0) is 11.6 Å². The van der Waals surface area contributed by atoms with Crippen molar-refractivity contribution in [2.45, 2.75) is 6.42 Å². The third-order valence-electron chi connectivity index (χ3n) is 2.48. The molecular weight excluding hydrogens is 216 g/mol. The first-order valence-electron chi connectivity index (χ1n) is 5.30. The molecule has 0 aliphatic carbocycles. The number of esters is 1. The minimum Gasteiger partial charge on any atom is -0.469 e. The molecule has 17 heavy (non-hydrogen) atoms. The fourth-order valence-corrected chi connectivity index (χ4v) is 1.61. The lowest BCUT2D eigenvalue weighted by Crippen LogP contribution is -2.35. The summed E-state index contributed by atoms with van der Waals surface area (Å²) in [6.07, 6.45) is 0.197. The lowest BCUT2D eigenvalue weighted by molar-refractivity contribution is -0.139. The van der Waals surface area contributed by atoms with Gasteiger partial charge in [-0.3, -0.25) is 9.28 Å². The summed E-state index contributed by atoms with van der Waals surface area (Å²) in [6.45, 7) is 0. The van der Waals surface area contributed by atoms with Crippen molar-refractivity contribution in [3.63, 3.8) is 0 Å². The average molecular weight is 233 g/mol. The number of ether oxygens (including phenoxy) is 1. The van der Waals surface area contributed by atoms with Gasteiger partial charge in [-0.2, -0.15) is 5.26 Å². The van der Waals surface area contributed by atoms with Crippen LogP contribution in [0.25, 0.3) is 0 Å². The second-order valence-electron chi connectivity index (χ2n) is 4.73. The predicted octanol–water partition coefficient (Wildman–Crippen LogP) is 1.47. The molecule has 0 saturated heterocycles. The highest BCUT2D eigenvalue weighted by molar-refractivity contribution is 5.73. The molecule has 0 heterocycles. The Morgan fingerprint density at radius 2 is 2.06 bits per heavy atom. The first-order valence-corrected chi connectivity index (χ1v) is 5.30. The Morgan fingerprint density at radius 1 is 1.41 bits per heavy atom. The number of carbonyl (C=O) groups excluding carboxylic acids is 1. The van der Waals surface area contributed by atoms with Crippen molar-refractivity contribution in [1.29, 1.82) is 5.26 Å². The Hall–Kier alpha value is -1.86. The number of benzene rings is 1. The summed E-state index contributed by atoms with van der Waals surface area (Å²) >= 11 is 0. The molecule has 1 aromatic rings. The van der Waals surface area contributed by atoms with Gasteiger partial charge < -0.3 is 4.74 Å². The number of nitriles is 1. The minimum absolute atomic E-state index is 0.197. The molecule has 0 N–H and O–H groups in total. The number of quaternary nitrogens is 1.